The molecule has 0 aromatic carbocycles. The van der Waals surface area contributed by atoms with Crippen LogP contribution in [-0.2, 0) is 0 Å². The van der Waals surface area contributed by atoms with E-state index in [0.29, 0.717) is 0 Å². The summed E-state index contributed by atoms with van der Waals surface area (Å²) in [5, 5.41) is 3.39. The molecule has 0 amide bonds. The normalized spacial score (nSPS) is 14.1. The maximum Gasteiger partial charge on any atom is 0.194 e. The van der Waals surface area contributed by atoms with Crippen LogP contribution in [0, 0.1) is 0 Å². The van der Waals surface area contributed by atoms with Crippen LogP contribution < -0.4 is 5.32 Å². The number of guanidine groups is 1. The second kappa shape index (κ2) is 4.20. The second-order valence-electron chi connectivity index (χ2n) is 5.88. The third-order valence-electron chi connectivity index (χ3n) is 1.35. The summed E-state index contributed by atoms with van der Waals surface area (Å²) >= 11 is 0. The number of hydrogen-bond donors (Lipinski definition) is 1. The van der Waals surface area contributed by atoms with Gasteiger partial charge in [-0.05, 0) is 41.5 Å². The number of nitrogens with zero attached hydrogens (tertiary/aromatic N) is 2. The third kappa shape index (κ3) is 6.75. The minimum absolute atomic E-state index is 0.0438. The molecule has 0 atom stereocenters. The summed E-state index contributed by atoms with van der Waals surface area (Å²) in [4.78, 5) is 6.64. The minimum Gasteiger partial charge on any atom is -0.352 e. The number of aliphatic imine (C=N–C) groups is 1. The van der Waals surface area contributed by atoms with Crippen molar-refractivity contribution in [1.29, 1.82) is 0 Å². The Morgan fingerprint density at radius 2 is 1.43 bits per heavy atom. The van der Waals surface area contributed by atoms with Gasteiger partial charge in [-0.1, -0.05) is 0 Å². The summed E-state index contributed by atoms with van der Waals surface area (Å²) in [6.07, 6.45) is 0. The Labute approximate surface area is 88.6 Å². The summed E-state index contributed by atoms with van der Waals surface area (Å²) in [7, 11) is 4.01. The highest BCUT2D eigenvalue weighted by Crippen LogP contribution is 2.08. The number of rotatable bonds is 0. The predicted octanol–water partition coefficient (Wildman–Crippen LogP) is 2.09. The van der Waals surface area contributed by atoms with Gasteiger partial charge in [0, 0.05) is 19.6 Å². The van der Waals surface area contributed by atoms with Crippen LogP contribution in [0.2, 0.25) is 0 Å². The van der Waals surface area contributed by atoms with Gasteiger partial charge in [-0.15, -0.1) is 0 Å². The molecule has 0 aromatic heterocycles. The van der Waals surface area contributed by atoms with Gasteiger partial charge in [0.1, 0.15) is 0 Å². The first-order valence-corrected chi connectivity index (χ1v) is 5.07. The molecule has 0 saturated carbocycles. The van der Waals surface area contributed by atoms with Crippen LogP contribution in [0.1, 0.15) is 41.5 Å². The van der Waals surface area contributed by atoms with Gasteiger partial charge in [0.25, 0.3) is 0 Å². The van der Waals surface area contributed by atoms with E-state index in [9.17, 15) is 0 Å². The summed E-state index contributed by atoms with van der Waals surface area (Å²) in [5.74, 6) is 0.935. The average molecular weight is 199 g/mol. The van der Waals surface area contributed by atoms with Crippen LogP contribution in [0.4, 0.5) is 0 Å². The highest BCUT2D eigenvalue weighted by Gasteiger charge is 2.16. The number of hydrogen-bond acceptors (Lipinski definition) is 1. The Morgan fingerprint density at radius 1 is 1.00 bits per heavy atom. The minimum atomic E-state index is -0.0438. The van der Waals surface area contributed by atoms with Gasteiger partial charge in [0.2, 0.25) is 0 Å². The van der Waals surface area contributed by atoms with Gasteiger partial charge < -0.3 is 10.2 Å². The molecular formula is C11H25N3. The van der Waals surface area contributed by atoms with E-state index in [1.165, 1.54) is 0 Å². The lowest BCUT2D eigenvalue weighted by atomic mass is 10.1. The van der Waals surface area contributed by atoms with E-state index in [1.807, 2.05) is 19.0 Å². The van der Waals surface area contributed by atoms with E-state index >= 15 is 0 Å². The van der Waals surface area contributed by atoms with Crippen molar-refractivity contribution in [2.24, 2.45) is 4.99 Å². The van der Waals surface area contributed by atoms with Crippen molar-refractivity contribution in [3.05, 3.63) is 0 Å². The molecule has 0 radical (unpaired) electrons. The fourth-order valence-corrected chi connectivity index (χ4v) is 0.893. The highest BCUT2D eigenvalue weighted by atomic mass is 15.3. The highest BCUT2D eigenvalue weighted by molar-refractivity contribution is 5.80. The molecule has 3 heteroatoms. The Balaban J connectivity index is 4.71. The standard InChI is InChI=1S/C11H25N3/c1-10(2,3)12-9(14(7)8)13-11(4,5)6/h1-8H3,(H,12,13). The molecule has 0 aliphatic carbocycles. The molecule has 0 heterocycles. The van der Waals surface area contributed by atoms with Gasteiger partial charge >= 0.3 is 0 Å². The molecule has 0 aliphatic rings. The lowest BCUT2D eigenvalue weighted by Gasteiger charge is -2.29. The molecule has 1 N–H and O–H groups in total. The van der Waals surface area contributed by atoms with E-state index in [0.717, 1.165) is 5.96 Å². The average Bonchev–Trinajstić information content (AvgIpc) is 1.78. The van der Waals surface area contributed by atoms with Crippen molar-refractivity contribution < 1.29 is 0 Å². The molecule has 84 valence electrons. The fraction of sp³-hybridized carbons (Fsp3) is 0.909. The van der Waals surface area contributed by atoms with Gasteiger partial charge in [-0.25, -0.2) is 4.99 Å². The number of nitrogens with one attached hydrogen (secondary N) is 1. The van der Waals surface area contributed by atoms with E-state index < -0.39 is 0 Å². The van der Waals surface area contributed by atoms with E-state index in [-0.39, 0.29) is 11.1 Å². The molecule has 0 unspecified atom stereocenters. The first-order chi connectivity index (χ1) is 6.01. The lowest BCUT2D eigenvalue weighted by molar-refractivity contribution is 0.451. The van der Waals surface area contributed by atoms with Crippen molar-refractivity contribution in [2.75, 3.05) is 14.1 Å². The first kappa shape index (κ1) is 13.3. The Bertz CT molecular complexity index is 204. The molecule has 3 nitrogen and oxygen atoms in total. The molecule has 0 fully saturated rings. The zero-order valence-corrected chi connectivity index (χ0v) is 10.9. The predicted molar refractivity (Wildman–Crippen MR) is 63.8 cm³/mol. The zero-order chi connectivity index (χ0) is 11.6. The van der Waals surface area contributed by atoms with Crippen LogP contribution in [0.15, 0.2) is 4.99 Å². The van der Waals surface area contributed by atoms with Crippen LogP contribution >= 0.6 is 0 Å². The molecule has 0 aromatic rings. The molecule has 0 aliphatic heterocycles. The Kier molecular flexibility index (Phi) is 3.98. The topological polar surface area (TPSA) is 27.6 Å². The third-order valence-corrected chi connectivity index (χ3v) is 1.35. The zero-order valence-electron chi connectivity index (χ0n) is 10.9. The van der Waals surface area contributed by atoms with E-state index in [1.54, 1.807) is 0 Å². The maximum atomic E-state index is 4.63. The van der Waals surface area contributed by atoms with Gasteiger partial charge in [-0.3, -0.25) is 0 Å². The van der Waals surface area contributed by atoms with Crippen molar-refractivity contribution >= 4 is 5.96 Å². The van der Waals surface area contributed by atoms with Gasteiger partial charge in [-0.2, -0.15) is 0 Å². The van der Waals surface area contributed by atoms with Crippen molar-refractivity contribution in [3.63, 3.8) is 0 Å². The van der Waals surface area contributed by atoms with Gasteiger partial charge in [0.05, 0.1) is 5.54 Å². The van der Waals surface area contributed by atoms with Crippen LogP contribution in [0.3, 0.4) is 0 Å². The maximum absolute atomic E-state index is 4.63. The van der Waals surface area contributed by atoms with E-state index in [2.05, 4.69) is 51.9 Å². The molecular weight excluding hydrogens is 174 g/mol. The van der Waals surface area contributed by atoms with Crippen LogP contribution in [-0.4, -0.2) is 36.0 Å². The van der Waals surface area contributed by atoms with E-state index in [4.69, 9.17) is 0 Å². The summed E-state index contributed by atoms with van der Waals surface area (Å²) in [5.41, 5.74) is 0.00616. The lowest BCUT2D eigenvalue weighted by Crippen LogP contribution is -2.48. The van der Waals surface area contributed by atoms with Crippen molar-refractivity contribution in [3.8, 4) is 0 Å². The first-order valence-electron chi connectivity index (χ1n) is 5.07. The summed E-state index contributed by atoms with van der Waals surface area (Å²) in [6.45, 7) is 12.7. The quantitative estimate of drug-likeness (QED) is 0.478. The molecule has 0 saturated heterocycles. The monoisotopic (exact) mass is 199 g/mol. The second-order valence-corrected chi connectivity index (χ2v) is 5.88. The fourth-order valence-electron chi connectivity index (χ4n) is 0.893. The smallest absolute Gasteiger partial charge is 0.194 e. The summed E-state index contributed by atoms with van der Waals surface area (Å²) < 4.78 is 0. The van der Waals surface area contributed by atoms with Gasteiger partial charge in [0.15, 0.2) is 5.96 Å². The Hall–Kier alpha value is -0.730. The molecule has 0 spiro atoms. The van der Waals surface area contributed by atoms with Crippen molar-refractivity contribution in [1.82, 2.24) is 10.2 Å². The molecule has 0 bridgehead atoms. The largest absolute Gasteiger partial charge is 0.352 e. The molecule has 0 rings (SSSR count). The SMILES string of the molecule is CN(C)C(=NC(C)(C)C)NC(C)(C)C. The van der Waals surface area contributed by atoms with Crippen LogP contribution in [0.5, 0.6) is 0 Å². The Morgan fingerprint density at radius 3 is 1.64 bits per heavy atom. The summed E-state index contributed by atoms with van der Waals surface area (Å²) in [6, 6.07) is 0. The molecule has 14 heavy (non-hydrogen) atoms. The van der Waals surface area contributed by atoms with Crippen molar-refractivity contribution in [2.45, 2.75) is 52.6 Å². The van der Waals surface area contributed by atoms with Crippen LogP contribution in [0.25, 0.3) is 0 Å².